The van der Waals surface area contributed by atoms with E-state index in [0.717, 1.165) is 18.2 Å². The average Bonchev–Trinajstić information content (AvgIpc) is 2.26. The Morgan fingerprint density at radius 2 is 1.94 bits per heavy atom. The highest BCUT2D eigenvalue weighted by molar-refractivity contribution is 5.73. The zero-order valence-corrected chi connectivity index (χ0v) is 8.83. The van der Waals surface area contributed by atoms with Crippen LogP contribution in [0.1, 0.15) is 24.0 Å². The number of alkyl halides is 4. The minimum absolute atomic E-state index is 0.00900. The zero-order chi connectivity index (χ0) is 13.2. The summed E-state index contributed by atoms with van der Waals surface area (Å²) in [4.78, 5) is 10.4. The number of rotatable bonds is 3. The van der Waals surface area contributed by atoms with Crippen molar-refractivity contribution in [1.29, 1.82) is 0 Å². The first-order chi connectivity index (χ1) is 7.73. The first kappa shape index (κ1) is 13.5. The van der Waals surface area contributed by atoms with E-state index in [9.17, 15) is 22.4 Å². The van der Waals surface area contributed by atoms with E-state index in [0.29, 0.717) is 0 Å². The molecule has 6 heteroatoms. The maximum absolute atomic E-state index is 13.2. The SMILES string of the molecule is CC(c1cccc(C(F)(F)F)c1)C(F)C(=O)O. The van der Waals surface area contributed by atoms with Gasteiger partial charge in [0, 0.05) is 5.92 Å². The predicted molar refractivity (Wildman–Crippen MR) is 52.4 cm³/mol. The van der Waals surface area contributed by atoms with E-state index < -0.39 is 29.8 Å². The Morgan fingerprint density at radius 3 is 2.41 bits per heavy atom. The van der Waals surface area contributed by atoms with Crippen LogP contribution in [0, 0.1) is 0 Å². The summed E-state index contributed by atoms with van der Waals surface area (Å²) in [7, 11) is 0. The maximum atomic E-state index is 13.2. The van der Waals surface area contributed by atoms with Gasteiger partial charge in [-0.05, 0) is 11.6 Å². The van der Waals surface area contributed by atoms with Crippen LogP contribution in [0.5, 0.6) is 0 Å². The van der Waals surface area contributed by atoms with Crippen molar-refractivity contribution in [2.45, 2.75) is 25.2 Å². The van der Waals surface area contributed by atoms with Gasteiger partial charge in [0.05, 0.1) is 5.56 Å². The Balaban J connectivity index is 3.04. The van der Waals surface area contributed by atoms with E-state index in [1.165, 1.54) is 13.0 Å². The first-order valence-electron chi connectivity index (χ1n) is 4.77. The fourth-order valence-electron chi connectivity index (χ4n) is 1.38. The van der Waals surface area contributed by atoms with Crippen molar-refractivity contribution in [2.24, 2.45) is 0 Å². The monoisotopic (exact) mass is 250 g/mol. The second kappa shape index (κ2) is 4.73. The van der Waals surface area contributed by atoms with Gasteiger partial charge < -0.3 is 5.11 Å². The summed E-state index contributed by atoms with van der Waals surface area (Å²) >= 11 is 0. The fourth-order valence-corrected chi connectivity index (χ4v) is 1.38. The largest absolute Gasteiger partial charge is 0.479 e. The Morgan fingerprint density at radius 1 is 1.35 bits per heavy atom. The van der Waals surface area contributed by atoms with Crippen molar-refractivity contribution in [3.63, 3.8) is 0 Å². The molecule has 0 amide bonds. The molecule has 17 heavy (non-hydrogen) atoms. The summed E-state index contributed by atoms with van der Waals surface area (Å²) in [6.07, 6.45) is -6.75. The lowest BCUT2D eigenvalue weighted by atomic mass is 9.95. The van der Waals surface area contributed by atoms with E-state index in [2.05, 4.69) is 0 Å². The summed E-state index contributed by atoms with van der Waals surface area (Å²) in [6, 6.07) is 4.02. The number of carboxylic acid groups (broad SMARTS) is 1. The summed E-state index contributed by atoms with van der Waals surface area (Å²) in [5.41, 5.74) is -0.908. The van der Waals surface area contributed by atoms with E-state index in [4.69, 9.17) is 5.11 Å². The molecular weight excluding hydrogens is 240 g/mol. The molecule has 2 nitrogen and oxygen atoms in total. The minimum atomic E-state index is -4.52. The van der Waals surface area contributed by atoms with E-state index >= 15 is 0 Å². The van der Waals surface area contributed by atoms with Gasteiger partial charge in [0.15, 0.2) is 0 Å². The molecule has 0 aliphatic heterocycles. The molecule has 0 aromatic heterocycles. The Bertz CT molecular complexity index is 414. The Kier molecular flexibility index (Phi) is 3.75. The first-order valence-corrected chi connectivity index (χ1v) is 4.77. The Hall–Kier alpha value is -1.59. The van der Waals surface area contributed by atoms with Crippen LogP contribution in [0.2, 0.25) is 0 Å². The number of hydrogen-bond donors (Lipinski definition) is 1. The lowest BCUT2D eigenvalue weighted by Gasteiger charge is -2.15. The van der Waals surface area contributed by atoms with Gasteiger partial charge in [0.1, 0.15) is 0 Å². The highest BCUT2D eigenvalue weighted by Gasteiger charge is 2.32. The quantitative estimate of drug-likeness (QED) is 0.836. The summed E-state index contributed by atoms with van der Waals surface area (Å²) < 4.78 is 50.3. The van der Waals surface area contributed by atoms with E-state index in [1.54, 1.807) is 0 Å². The molecule has 0 bridgehead atoms. The summed E-state index contributed by atoms with van der Waals surface area (Å²) in [5, 5.41) is 8.45. The van der Waals surface area contributed by atoms with Gasteiger partial charge in [-0.15, -0.1) is 0 Å². The summed E-state index contributed by atoms with van der Waals surface area (Å²) in [5.74, 6) is -2.82. The molecule has 1 aromatic rings. The molecule has 0 aliphatic rings. The van der Waals surface area contributed by atoms with Crippen LogP contribution < -0.4 is 0 Å². The highest BCUT2D eigenvalue weighted by atomic mass is 19.4. The Labute approximate surface area is 94.9 Å². The lowest BCUT2D eigenvalue weighted by molar-refractivity contribution is -0.143. The molecule has 0 spiro atoms. The van der Waals surface area contributed by atoms with Gasteiger partial charge in [-0.1, -0.05) is 25.1 Å². The molecular formula is C11H10F4O2. The van der Waals surface area contributed by atoms with Crippen LogP contribution in [0.25, 0.3) is 0 Å². The van der Waals surface area contributed by atoms with E-state index in [1.807, 2.05) is 0 Å². The van der Waals surface area contributed by atoms with Crippen molar-refractivity contribution in [3.05, 3.63) is 35.4 Å². The van der Waals surface area contributed by atoms with Crippen LogP contribution in [0.15, 0.2) is 24.3 Å². The normalized spacial score (nSPS) is 15.4. The predicted octanol–water partition coefficient (Wildman–Crippen LogP) is 3.23. The number of carboxylic acids is 1. The lowest BCUT2D eigenvalue weighted by Crippen LogP contribution is -2.21. The molecule has 1 N–H and O–H groups in total. The highest BCUT2D eigenvalue weighted by Crippen LogP contribution is 2.32. The molecule has 2 atom stereocenters. The maximum Gasteiger partial charge on any atom is 0.416 e. The fraction of sp³-hybridized carbons (Fsp3) is 0.364. The third kappa shape index (κ3) is 3.18. The number of benzene rings is 1. The average molecular weight is 250 g/mol. The third-order valence-electron chi connectivity index (χ3n) is 2.41. The number of halogens is 4. The van der Waals surface area contributed by atoms with Crippen molar-refractivity contribution in [1.82, 2.24) is 0 Å². The van der Waals surface area contributed by atoms with Crippen molar-refractivity contribution >= 4 is 5.97 Å². The van der Waals surface area contributed by atoms with Gasteiger partial charge in [-0.3, -0.25) is 0 Å². The molecule has 0 radical (unpaired) electrons. The van der Waals surface area contributed by atoms with Crippen LogP contribution in [0.3, 0.4) is 0 Å². The zero-order valence-electron chi connectivity index (χ0n) is 8.83. The molecule has 0 fully saturated rings. The second-order valence-electron chi connectivity index (χ2n) is 3.65. The molecule has 0 saturated carbocycles. The van der Waals surface area contributed by atoms with Gasteiger partial charge in [-0.2, -0.15) is 13.2 Å². The number of aliphatic carboxylic acids is 1. The van der Waals surface area contributed by atoms with Gasteiger partial charge >= 0.3 is 12.1 Å². The molecule has 94 valence electrons. The van der Waals surface area contributed by atoms with Crippen LogP contribution in [-0.2, 0) is 11.0 Å². The van der Waals surface area contributed by atoms with E-state index in [-0.39, 0.29) is 5.56 Å². The van der Waals surface area contributed by atoms with Crippen molar-refractivity contribution in [2.75, 3.05) is 0 Å². The minimum Gasteiger partial charge on any atom is -0.479 e. The van der Waals surface area contributed by atoms with Crippen LogP contribution >= 0.6 is 0 Å². The smallest absolute Gasteiger partial charge is 0.416 e. The molecule has 0 heterocycles. The second-order valence-corrected chi connectivity index (χ2v) is 3.65. The molecule has 0 aliphatic carbocycles. The molecule has 1 aromatic carbocycles. The molecule has 2 unspecified atom stereocenters. The standard InChI is InChI=1S/C11H10F4O2/c1-6(9(12)10(16)17)7-3-2-4-8(5-7)11(13,14)15/h2-6,9H,1H3,(H,16,17). The van der Waals surface area contributed by atoms with Gasteiger partial charge in [0.25, 0.3) is 0 Å². The van der Waals surface area contributed by atoms with Crippen LogP contribution in [-0.4, -0.2) is 17.2 Å². The van der Waals surface area contributed by atoms with Crippen LogP contribution in [0.4, 0.5) is 17.6 Å². The number of hydrogen-bond acceptors (Lipinski definition) is 1. The third-order valence-corrected chi connectivity index (χ3v) is 2.41. The topological polar surface area (TPSA) is 37.3 Å². The van der Waals surface area contributed by atoms with Crippen molar-refractivity contribution in [3.8, 4) is 0 Å². The van der Waals surface area contributed by atoms with Gasteiger partial charge in [0.2, 0.25) is 6.17 Å². The molecule has 1 rings (SSSR count). The van der Waals surface area contributed by atoms with Gasteiger partial charge in [-0.25, -0.2) is 9.18 Å². The number of carbonyl (C=O) groups is 1. The van der Waals surface area contributed by atoms with Crippen molar-refractivity contribution < 1.29 is 27.5 Å². The summed E-state index contributed by atoms with van der Waals surface area (Å²) in [6.45, 7) is 1.23. The molecule has 0 saturated heterocycles.